The van der Waals surface area contributed by atoms with E-state index in [9.17, 15) is 23.1 Å². The van der Waals surface area contributed by atoms with Crippen molar-refractivity contribution >= 4 is 17.2 Å². The molecule has 2 aromatic heterocycles. The van der Waals surface area contributed by atoms with Gasteiger partial charge in [0.2, 0.25) is 0 Å². The number of hydrogen-bond donors (Lipinski definition) is 1. The normalized spacial score (nSPS) is 22.0. The van der Waals surface area contributed by atoms with Gasteiger partial charge >= 0.3 is 6.18 Å². The number of likely N-dealkylation sites (tertiary alicyclic amines) is 1. The van der Waals surface area contributed by atoms with Gasteiger partial charge in [-0.3, -0.25) is 4.79 Å². The number of aliphatic hydroxyl groups is 1. The van der Waals surface area contributed by atoms with Crippen LogP contribution in [0.1, 0.15) is 28.2 Å². The number of furan rings is 1. The number of piperidine rings is 1. The highest BCUT2D eigenvalue weighted by molar-refractivity contribution is 7.15. The van der Waals surface area contributed by atoms with Crippen LogP contribution in [-0.2, 0) is 0 Å². The molecule has 1 amide bonds. The summed E-state index contributed by atoms with van der Waals surface area (Å²) in [7, 11) is 0. The number of nitrogens with zero attached hydrogens (tertiary/aromatic N) is 2. The van der Waals surface area contributed by atoms with E-state index >= 15 is 0 Å². The van der Waals surface area contributed by atoms with E-state index in [4.69, 9.17) is 4.42 Å². The van der Waals surface area contributed by atoms with Crippen molar-refractivity contribution in [1.82, 2.24) is 9.88 Å². The maximum absolute atomic E-state index is 13.0. The zero-order valence-corrected chi connectivity index (χ0v) is 13.6. The van der Waals surface area contributed by atoms with E-state index in [-0.39, 0.29) is 18.7 Å². The minimum absolute atomic E-state index is 0.0793. The fourth-order valence-corrected chi connectivity index (χ4v) is 3.56. The first-order chi connectivity index (χ1) is 11.2. The third-order valence-corrected chi connectivity index (χ3v) is 5.00. The number of rotatable bonds is 2. The molecule has 1 unspecified atom stereocenters. The van der Waals surface area contributed by atoms with Gasteiger partial charge in [-0.25, -0.2) is 4.98 Å². The van der Waals surface area contributed by atoms with E-state index in [0.29, 0.717) is 15.6 Å². The van der Waals surface area contributed by atoms with Crippen molar-refractivity contribution in [3.8, 4) is 10.8 Å². The Morgan fingerprint density at radius 1 is 1.50 bits per heavy atom. The molecule has 3 heterocycles. The van der Waals surface area contributed by atoms with Crippen molar-refractivity contribution in [2.24, 2.45) is 0 Å². The lowest BCUT2D eigenvalue weighted by molar-refractivity contribution is -0.271. The van der Waals surface area contributed by atoms with Crippen LogP contribution in [0.15, 0.2) is 22.8 Å². The van der Waals surface area contributed by atoms with Gasteiger partial charge in [0, 0.05) is 11.4 Å². The Morgan fingerprint density at radius 3 is 2.88 bits per heavy atom. The summed E-state index contributed by atoms with van der Waals surface area (Å²) in [6.45, 7) is 1.06. The average Bonchev–Trinajstić information content (AvgIpc) is 3.14. The first-order valence-corrected chi connectivity index (χ1v) is 8.12. The Hall–Kier alpha value is -1.87. The molecule has 1 aliphatic heterocycles. The highest BCUT2D eigenvalue weighted by Crippen LogP contribution is 2.38. The lowest BCUT2D eigenvalue weighted by Crippen LogP contribution is -2.58. The summed E-state index contributed by atoms with van der Waals surface area (Å²) in [5.41, 5.74) is -2.77. The van der Waals surface area contributed by atoms with Crippen LogP contribution in [0.3, 0.4) is 0 Å². The summed E-state index contributed by atoms with van der Waals surface area (Å²) in [5.74, 6) is -0.114. The number of amides is 1. The highest BCUT2D eigenvalue weighted by atomic mass is 32.1. The average molecular weight is 360 g/mol. The molecule has 5 nitrogen and oxygen atoms in total. The number of hydrogen-bond acceptors (Lipinski definition) is 5. The predicted octanol–water partition coefficient (Wildman–Crippen LogP) is 3.24. The molecule has 0 saturated carbocycles. The second-order valence-electron chi connectivity index (χ2n) is 5.76. The van der Waals surface area contributed by atoms with Gasteiger partial charge < -0.3 is 14.4 Å². The van der Waals surface area contributed by atoms with Gasteiger partial charge in [-0.05, 0) is 31.9 Å². The van der Waals surface area contributed by atoms with Gasteiger partial charge in [-0.1, -0.05) is 0 Å². The van der Waals surface area contributed by atoms with Crippen LogP contribution < -0.4 is 0 Å². The number of alkyl halides is 3. The van der Waals surface area contributed by atoms with Gasteiger partial charge in [0.15, 0.2) is 16.4 Å². The lowest BCUT2D eigenvalue weighted by Gasteiger charge is -2.39. The molecule has 1 fully saturated rings. The largest absolute Gasteiger partial charge is 0.462 e. The quantitative estimate of drug-likeness (QED) is 0.893. The van der Waals surface area contributed by atoms with E-state index in [0.717, 1.165) is 4.90 Å². The summed E-state index contributed by atoms with van der Waals surface area (Å²) in [6, 6.07) is 3.37. The van der Waals surface area contributed by atoms with Crippen LogP contribution in [0.4, 0.5) is 13.2 Å². The standard InChI is InChI=1S/C15H15F3N2O3S/c1-9-11(19-12(24-9)10-4-2-7-23-10)13(21)20-6-3-5-14(22,8-20)15(16,17)18/h2,4,7,22H,3,5-6,8H2,1H3. The van der Waals surface area contributed by atoms with Crippen LogP contribution in [0.25, 0.3) is 10.8 Å². The number of carbonyl (C=O) groups is 1. The van der Waals surface area contributed by atoms with Gasteiger partial charge in [0.25, 0.3) is 5.91 Å². The van der Waals surface area contributed by atoms with Crippen molar-refractivity contribution in [2.45, 2.75) is 31.5 Å². The van der Waals surface area contributed by atoms with Crippen molar-refractivity contribution in [3.63, 3.8) is 0 Å². The first kappa shape index (κ1) is 17.0. The Labute approximate surface area is 139 Å². The molecule has 2 aromatic rings. The van der Waals surface area contributed by atoms with Crippen molar-refractivity contribution in [1.29, 1.82) is 0 Å². The van der Waals surface area contributed by atoms with Gasteiger partial charge in [0.1, 0.15) is 5.69 Å². The third kappa shape index (κ3) is 2.93. The van der Waals surface area contributed by atoms with E-state index in [1.54, 1.807) is 19.1 Å². The smallest absolute Gasteiger partial charge is 0.418 e. The molecular weight excluding hydrogens is 345 g/mol. The van der Waals surface area contributed by atoms with Crippen LogP contribution in [-0.4, -0.2) is 45.8 Å². The number of aryl methyl sites for hydroxylation is 1. The van der Waals surface area contributed by atoms with Crippen molar-refractivity contribution in [2.75, 3.05) is 13.1 Å². The second kappa shape index (κ2) is 5.89. The minimum atomic E-state index is -4.78. The summed E-state index contributed by atoms with van der Waals surface area (Å²) in [5, 5.41) is 10.3. The van der Waals surface area contributed by atoms with E-state index in [2.05, 4.69) is 4.98 Å². The van der Waals surface area contributed by atoms with Crippen LogP contribution in [0.2, 0.25) is 0 Å². The molecule has 1 aliphatic rings. The fraction of sp³-hybridized carbons (Fsp3) is 0.467. The topological polar surface area (TPSA) is 66.6 Å². The molecule has 3 rings (SSSR count). The van der Waals surface area contributed by atoms with Crippen molar-refractivity contribution in [3.05, 3.63) is 29.0 Å². The zero-order chi connectivity index (χ0) is 17.5. The Bertz CT molecular complexity index is 742. The Morgan fingerprint density at radius 2 is 2.25 bits per heavy atom. The van der Waals surface area contributed by atoms with Crippen LogP contribution >= 0.6 is 11.3 Å². The molecule has 0 bridgehead atoms. The second-order valence-corrected chi connectivity index (χ2v) is 6.96. The zero-order valence-electron chi connectivity index (χ0n) is 12.8. The number of thiazole rings is 1. The number of halogens is 3. The lowest BCUT2D eigenvalue weighted by atomic mass is 9.92. The van der Waals surface area contributed by atoms with Gasteiger partial charge in [0.05, 0.1) is 12.8 Å². The molecule has 1 atom stereocenters. The molecular formula is C15H15F3N2O3S. The van der Waals surface area contributed by atoms with E-state index < -0.39 is 30.7 Å². The molecule has 9 heteroatoms. The third-order valence-electron chi connectivity index (χ3n) is 4.02. The molecule has 24 heavy (non-hydrogen) atoms. The Balaban J connectivity index is 1.84. The molecule has 0 aromatic carbocycles. The molecule has 0 aliphatic carbocycles. The Kier molecular flexibility index (Phi) is 4.16. The number of aromatic nitrogens is 1. The maximum Gasteiger partial charge on any atom is 0.418 e. The fourth-order valence-electron chi connectivity index (χ4n) is 2.69. The summed E-state index contributed by atoms with van der Waals surface area (Å²) < 4.78 is 44.3. The SMILES string of the molecule is Cc1sc(-c2ccco2)nc1C(=O)N1CCCC(O)(C(F)(F)F)C1. The van der Waals surface area contributed by atoms with Crippen LogP contribution in [0, 0.1) is 6.92 Å². The summed E-state index contributed by atoms with van der Waals surface area (Å²) in [4.78, 5) is 18.4. The highest BCUT2D eigenvalue weighted by Gasteiger charge is 2.56. The monoisotopic (exact) mass is 360 g/mol. The van der Waals surface area contributed by atoms with E-state index in [1.807, 2.05) is 0 Å². The first-order valence-electron chi connectivity index (χ1n) is 7.31. The molecule has 0 radical (unpaired) electrons. The number of β-amino-alcohol motifs (C(OH)–C–C–N with tert-alkyl or cyclic N) is 1. The summed E-state index contributed by atoms with van der Waals surface area (Å²) in [6.07, 6.45) is -3.63. The predicted molar refractivity (Wildman–Crippen MR) is 80.7 cm³/mol. The molecule has 0 spiro atoms. The van der Waals surface area contributed by atoms with Gasteiger partial charge in [-0.15, -0.1) is 11.3 Å². The summed E-state index contributed by atoms with van der Waals surface area (Å²) >= 11 is 1.23. The van der Waals surface area contributed by atoms with Crippen molar-refractivity contribution < 1.29 is 27.5 Å². The number of carbonyl (C=O) groups excluding carboxylic acids is 1. The van der Waals surface area contributed by atoms with Gasteiger partial charge in [-0.2, -0.15) is 13.2 Å². The minimum Gasteiger partial charge on any atom is -0.462 e. The molecule has 130 valence electrons. The molecule has 1 N–H and O–H groups in total. The van der Waals surface area contributed by atoms with Crippen LogP contribution in [0.5, 0.6) is 0 Å². The van der Waals surface area contributed by atoms with E-state index in [1.165, 1.54) is 17.6 Å². The maximum atomic E-state index is 13.0. The molecule has 1 saturated heterocycles.